The Kier molecular flexibility index (Phi) is 8.36. The van der Waals surface area contributed by atoms with E-state index in [1.807, 2.05) is 42.5 Å². The van der Waals surface area contributed by atoms with Crippen molar-refractivity contribution in [2.75, 3.05) is 13.1 Å². The summed E-state index contributed by atoms with van der Waals surface area (Å²) in [6.07, 6.45) is 1.46. The van der Waals surface area contributed by atoms with E-state index in [1.165, 1.54) is 0 Å². The predicted octanol–water partition coefficient (Wildman–Crippen LogP) is 2.30. The summed E-state index contributed by atoms with van der Waals surface area (Å²) in [5, 5.41) is 2.33. The van der Waals surface area contributed by atoms with Gasteiger partial charge in [-0.1, -0.05) is 42.5 Å². The highest BCUT2D eigenvalue weighted by atomic mass is 35.5. The molecule has 2 aromatic rings. The lowest BCUT2D eigenvalue weighted by atomic mass is 9.97. The van der Waals surface area contributed by atoms with Crippen LogP contribution in [0.2, 0.25) is 0 Å². The van der Waals surface area contributed by atoms with Crippen molar-refractivity contribution in [3.8, 4) is 0 Å². The zero-order valence-electron chi connectivity index (χ0n) is 16.2. The normalized spacial score (nSPS) is 15.6. The SMILES string of the molecule is Cl.NCCCN(Cc1ccccc1)C(=O)c1ccc(CC2CC(=O)NC2=O)cc1. The van der Waals surface area contributed by atoms with E-state index in [1.54, 1.807) is 17.0 Å². The molecule has 0 spiro atoms. The molecule has 1 aliphatic heterocycles. The Morgan fingerprint density at radius 2 is 1.72 bits per heavy atom. The predicted molar refractivity (Wildman–Crippen MR) is 114 cm³/mol. The molecular formula is C22H26ClN3O3. The second kappa shape index (κ2) is 10.7. The Bertz CT molecular complexity index is 840. The van der Waals surface area contributed by atoms with E-state index in [0.717, 1.165) is 17.5 Å². The molecule has 29 heavy (non-hydrogen) atoms. The number of imide groups is 1. The molecule has 7 heteroatoms. The first-order valence-corrected chi connectivity index (χ1v) is 9.52. The van der Waals surface area contributed by atoms with Gasteiger partial charge >= 0.3 is 0 Å². The lowest BCUT2D eigenvalue weighted by Crippen LogP contribution is -2.32. The molecule has 0 saturated carbocycles. The molecule has 6 nitrogen and oxygen atoms in total. The third kappa shape index (κ3) is 6.14. The van der Waals surface area contributed by atoms with Crippen LogP contribution in [-0.4, -0.2) is 35.7 Å². The summed E-state index contributed by atoms with van der Waals surface area (Å²) in [5.74, 6) is -0.815. The molecule has 1 heterocycles. The van der Waals surface area contributed by atoms with Crippen molar-refractivity contribution in [3.63, 3.8) is 0 Å². The number of nitrogens with one attached hydrogen (secondary N) is 1. The molecular weight excluding hydrogens is 390 g/mol. The van der Waals surface area contributed by atoms with Gasteiger partial charge in [-0.25, -0.2) is 0 Å². The van der Waals surface area contributed by atoms with E-state index in [0.29, 0.717) is 31.6 Å². The third-order valence-electron chi connectivity index (χ3n) is 4.88. The Labute approximate surface area is 176 Å². The number of rotatable bonds is 8. The number of hydrogen-bond donors (Lipinski definition) is 2. The first-order chi connectivity index (χ1) is 13.6. The number of hydrogen-bond acceptors (Lipinski definition) is 4. The molecule has 0 aromatic heterocycles. The van der Waals surface area contributed by atoms with Crippen molar-refractivity contribution in [1.82, 2.24) is 10.2 Å². The van der Waals surface area contributed by atoms with Crippen LogP contribution in [-0.2, 0) is 22.6 Å². The van der Waals surface area contributed by atoms with Gasteiger partial charge in [0.05, 0.1) is 5.92 Å². The minimum absolute atomic E-state index is 0. The van der Waals surface area contributed by atoms with Gasteiger partial charge in [0.25, 0.3) is 5.91 Å². The van der Waals surface area contributed by atoms with Crippen LogP contribution in [0.3, 0.4) is 0 Å². The number of nitrogens with two attached hydrogens (primary N) is 1. The maximum atomic E-state index is 13.0. The van der Waals surface area contributed by atoms with E-state index >= 15 is 0 Å². The van der Waals surface area contributed by atoms with Crippen molar-refractivity contribution in [2.24, 2.45) is 11.7 Å². The van der Waals surface area contributed by atoms with E-state index in [4.69, 9.17) is 5.73 Å². The van der Waals surface area contributed by atoms with Gasteiger partial charge in [-0.15, -0.1) is 12.4 Å². The van der Waals surface area contributed by atoms with Gasteiger partial charge in [-0.3, -0.25) is 19.7 Å². The first-order valence-electron chi connectivity index (χ1n) is 9.52. The standard InChI is InChI=1S/C22H25N3O3.ClH/c23-11-4-12-25(15-17-5-2-1-3-6-17)22(28)18-9-7-16(8-10-18)13-19-14-20(26)24-21(19)27;/h1-3,5-10,19H,4,11-15,23H2,(H,24,26,27);1H. The molecule has 3 amide bonds. The Morgan fingerprint density at radius 1 is 1.03 bits per heavy atom. The van der Waals surface area contributed by atoms with Crippen molar-refractivity contribution in [2.45, 2.75) is 25.8 Å². The first kappa shape index (κ1) is 22.6. The number of amides is 3. The van der Waals surface area contributed by atoms with Crippen LogP contribution in [0, 0.1) is 5.92 Å². The van der Waals surface area contributed by atoms with Crippen LogP contribution in [0.5, 0.6) is 0 Å². The van der Waals surface area contributed by atoms with Crippen LogP contribution in [0.15, 0.2) is 54.6 Å². The highest BCUT2D eigenvalue weighted by Gasteiger charge is 2.30. The number of carbonyl (C=O) groups is 3. The molecule has 3 rings (SSSR count). The molecule has 1 fully saturated rings. The Hall–Kier alpha value is -2.70. The van der Waals surface area contributed by atoms with E-state index in [2.05, 4.69) is 5.32 Å². The van der Waals surface area contributed by atoms with Gasteiger partial charge in [0.2, 0.25) is 11.8 Å². The van der Waals surface area contributed by atoms with Crippen molar-refractivity contribution < 1.29 is 14.4 Å². The molecule has 0 aliphatic carbocycles. The second-order valence-electron chi connectivity index (χ2n) is 7.07. The van der Waals surface area contributed by atoms with Gasteiger partial charge in [0.1, 0.15) is 0 Å². The lowest BCUT2D eigenvalue weighted by molar-refractivity contribution is -0.125. The molecule has 1 unspecified atom stereocenters. The van der Waals surface area contributed by atoms with Gasteiger partial charge in [-0.2, -0.15) is 0 Å². The summed E-state index contributed by atoms with van der Waals surface area (Å²) in [6.45, 7) is 1.65. The van der Waals surface area contributed by atoms with Crippen molar-refractivity contribution in [3.05, 3.63) is 71.3 Å². The van der Waals surface area contributed by atoms with Gasteiger partial charge in [-0.05, 0) is 42.6 Å². The van der Waals surface area contributed by atoms with Crippen molar-refractivity contribution in [1.29, 1.82) is 0 Å². The fraction of sp³-hybridized carbons (Fsp3) is 0.318. The number of nitrogens with zero attached hydrogens (tertiary/aromatic N) is 1. The summed E-state index contributed by atoms with van der Waals surface area (Å²) in [7, 11) is 0. The van der Waals surface area contributed by atoms with Crippen LogP contribution >= 0.6 is 12.4 Å². The second-order valence-corrected chi connectivity index (χ2v) is 7.07. The highest BCUT2D eigenvalue weighted by Crippen LogP contribution is 2.18. The minimum Gasteiger partial charge on any atom is -0.334 e. The van der Waals surface area contributed by atoms with Gasteiger partial charge in [0, 0.05) is 25.1 Å². The zero-order valence-corrected chi connectivity index (χ0v) is 17.0. The molecule has 154 valence electrons. The molecule has 2 aromatic carbocycles. The molecule has 1 atom stereocenters. The number of carbonyl (C=O) groups excluding carboxylic acids is 3. The Morgan fingerprint density at radius 3 is 2.31 bits per heavy atom. The van der Waals surface area contributed by atoms with E-state index in [9.17, 15) is 14.4 Å². The van der Waals surface area contributed by atoms with Crippen LogP contribution < -0.4 is 11.1 Å². The maximum Gasteiger partial charge on any atom is 0.254 e. The van der Waals surface area contributed by atoms with Crippen LogP contribution in [0.1, 0.15) is 34.3 Å². The number of halogens is 1. The quantitative estimate of drug-likeness (QED) is 0.647. The average Bonchev–Trinajstić information content (AvgIpc) is 3.02. The van der Waals surface area contributed by atoms with E-state index in [-0.39, 0.29) is 42.5 Å². The summed E-state index contributed by atoms with van der Waals surface area (Å²) in [5.41, 5.74) is 8.24. The van der Waals surface area contributed by atoms with E-state index < -0.39 is 0 Å². The van der Waals surface area contributed by atoms with Crippen LogP contribution in [0.25, 0.3) is 0 Å². The maximum absolute atomic E-state index is 13.0. The monoisotopic (exact) mass is 415 g/mol. The minimum atomic E-state index is -0.326. The molecule has 1 saturated heterocycles. The summed E-state index contributed by atoms with van der Waals surface area (Å²) in [6, 6.07) is 17.1. The average molecular weight is 416 g/mol. The summed E-state index contributed by atoms with van der Waals surface area (Å²) >= 11 is 0. The molecule has 0 radical (unpaired) electrons. The topological polar surface area (TPSA) is 92.5 Å². The van der Waals surface area contributed by atoms with Gasteiger partial charge < -0.3 is 10.6 Å². The lowest BCUT2D eigenvalue weighted by Gasteiger charge is -2.23. The van der Waals surface area contributed by atoms with Crippen LogP contribution in [0.4, 0.5) is 0 Å². The van der Waals surface area contributed by atoms with Crippen molar-refractivity contribution >= 4 is 30.1 Å². The molecule has 1 aliphatic rings. The smallest absolute Gasteiger partial charge is 0.254 e. The summed E-state index contributed by atoms with van der Waals surface area (Å²) < 4.78 is 0. The molecule has 0 bridgehead atoms. The zero-order chi connectivity index (χ0) is 19.9. The fourth-order valence-corrected chi connectivity index (χ4v) is 3.36. The summed E-state index contributed by atoms with van der Waals surface area (Å²) in [4.78, 5) is 37.8. The largest absolute Gasteiger partial charge is 0.334 e. The highest BCUT2D eigenvalue weighted by molar-refractivity contribution is 6.03. The Balaban J connectivity index is 0.00000300. The molecule has 3 N–H and O–H groups in total. The third-order valence-corrected chi connectivity index (χ3v) is 4.88. The number of benzene rings is 2. The van der Waals surface area contributed by atoms with Gasteiger partial charge in [0.15, 0.2) is 0 Å². The fourth-order valence-electron chi connectivity index (χ4n) is 3.36.